The lowest BCUT2D eigenvalue weighted by Gasteiger charge is -2.12. The molecule has 4 rings (SSSR count). The van der Waals surface area contributed by atoms with E-state index in [1.807, 2.05) is 30.3 Å². The summed E-state index contributed by atoms with van der Waals surface area (Å²) in [7, 11) is 1.61. The summed E-state index contributed by atoms with van der Waals surface area (Å²) >= 11 is 5.89. The number of pyridine rings is 1. The standard InChI is InChI=1S/C22H18ClN5O2/c1-29-20-8-17(30-13-16-4-2-14(9-24)10-25-16)5-6-18(20)19-12-27-22(28-19)15-3-7-21(23)26-11-15/h2-8,10,12,15H,11,13H2,1H3,(H,27,28). The number of aromatic amines is 1. The van der Waals surface area contributed by atoms with Crippen LogP contribution in [0.4, 0.5) is 0 Å². The van der Waals surface area contributed by atoms with Gasteiger partial charge >= 0.3 is 0 Å². The largest absolute Gasteiger partial charge is 0.496 e. The van der Waals surface area contributed by atoms with Gasteiger partial charge in [-0.2, -0.15) is 5.26 Å². The molecule has 0 amide bonds. The SMILES string of the molecule is COc1cc(OCc2ccc(C#N)cn2)ccc1-c1cnc(C2C=CC(Cl)=NC2)[nH]1. The first-order valence-corrected chi connectivity index (χ1v) is 9.63. The maximum atomic E-state index is 8.84. The molecule has 0 saturated heterocycles. The third-order valence-corrected chi connectivity index (χ3v) is 4.90. The molecule has 0 radical (unpaired) electrons. The molecule has 0 bridgehead atoms. The molecule has 1 aromatic carbocycles. The van der Waals surface area contributed by atoms with Crippen molar-refractivity contribution in [2.75, 3.05) is 13.7 Å². The summed E-state index contributed by atoms with van der Waals surface area (Å²) in [5.41, 5.74) is 2.97. The number of aromatic nitrogens is 3. The van der Waals surface area contributed by atoms with Crippen LogP contribution in [0.5, 0.6) is 11.5 Å². The van der Waals surface area contributed by atoms with Crippen LogP contribution in [0, 0.1) is 11.3 Å². The van der Waals surface area contributed by atoms with Gasteiger partial charge in [-0.15, -0.1) is 0 Å². The molecular weight excluding hydrogens is 402 g/mol. The lowest BCUT2D eigenvalue weighted by atomic mass is 10.1. The van der Waals surface area contributed by atoms with Crippen LogP contribution in [0.1, 0.15) is 23.0 Å². The van der Waals surface area contributed by atoms with E-state index in [1.54, 1.807) is 31.5 Å². The van der Waals surface area contributed by atoms with E-state index >= 15 is 0 Å². The second kappa shape index (κ2) is 8.80. The van der Waals surface area contributed by atoms with E-state index < -0.39 is 0 Å². The van der Waals surface area contributed by atoms with Gasteiger partial charge in [0.2, 0.25) is 0 Å². The molecule has 30 heavy (non-hydrogen) atoms. The first kappa shape index (κ1) is 19.7. The molecule has 0 spiro atoms. The van der Waals surface area contributed by atoms with E-state index in [9.17, 15) is 0 Å². The summed E-state index contributed by atoms with van der Waals surface area (Å²) in [6.07, 6.45) is 7.08. The quantitative estimate of drug-likeness (QED) is 0.645. The Balaban J connectivity index is 1.48. The van der Waals surface area contributed by atoms with Crippen molar-refractivity contribution >= 4 is 16.8 Å². The molecule has 1 atom stereocenters. The van der Waals surface area contributed by atoms with Crippen molar-refractivity contribution in [1.82, 2.24) is 15.0 Å². The Labute approximate surface area is 178 Å². The first-order chi connectivity index (χ1) is 14.7. The fourth-order valence-corrected chi connectivity index (χ4v) is 3.19. The summed E-state index contributed by atoms with van der Waals surface area (Å²) < 4.78 is 11.4. The van der Waals surface area contributed by atoms with Crippen LogP contribution in [0.15, 0.2) is 59.9 Å². The number of H-pyrrole nitrogens is 1. The highest BCUT2D eigenvalue weighted by molar-refractivity contribution is 6.68. The average molecular weight is 420 g/mol. The molecule has 1 aliphatic rings. The lowest BCUT2D eigenvalue weighted by molar-refractivity contribution is 0.299. The number of imidazole rings is 1. The van der Waals surface area contributed by atoms with Gasteiger partial charge in [-0.05, 0) is 30.3 Å². The fourth-order valence-electron chi connectivity index (χ4n) is 3.05. The normalized spacial score (nSPS) is 15.4. The van der Waals surface area contributed by atoms with Crippen molar-refractivity contribution in [3.8, 4) is 28.8 Å². The molecule has 3 heterocycles. The first-order valence-electron chi connectivity index (χ1n) is 9.25. The van der Waals surface area contributed by atoms with Gasteiger partial charge in [-0.25, -0.2) is 4.98 Å². The number of hydrogen-bond acceptors (Lipinski definition) is 6. The van der Waals surface area contributed by atoms with Gasteiger partial charge in [0.05, 0.1) is 42.7 Å². The number of nitrogens with zero attached hydrogens (tertiary/aromatic N) is 4. The lowest BCUT2D eigenvalue weighted by Crippen LogP contribution is -2.07. The Kier molecular flexibility index (Phi) is 5.77. The molecule has 8 heteroatoms. The minimum atomic E-state index is 0.0646. The second-order valence-electron chi connectivity index (χ2n) is 6.61. The number of aliphatic imine (C=N–C) groups is 1. The van der Waals surface area contributed by atoms with E-state index in [1.165, 1.54) is 6.20 Å². The van der Waals surface area contributed by atoms with Crippen molar-refractivity contribution in [3.05, 3.63) is 72.0 Å². The number of rotatable bonds is 6. The molecule has 0 saturated carbocycles. The Morgan fingerprint density at radius 3 is 2.83 bits per heavy atom. The number of nitriles is 1. The highest BCUT2D eigenvalue weighted by Gasteiger charge is 2.17. The van der Waals surface area contributed by atoms with Crippen molar-refractivity contribution in [2.45, 2.75) is 12.5 Å². The number of ether oxygens (including phenoxy) is 2. The van der Waals surface area contributed by atoms with Crippen molar-refractivity contribution in [1.29, 1.82) is 5.26 Å². The zero-order valence-electron chi connectivity index (χ0n) is 16.2. The minimum absolute atomic E-state index is 0.0646. The minimum Gasteiger partial charge on any atom is -0.496 e. The fraction of sp³-hybridized carbons (Fsp3) is 0.182. The van der Waals surface area contributed by atoms with Crippen LogP contribution in [0.25, 0.3) is 11.3 Å². The van der Waals surface area contributed by atoms with Crippen LogP contribution in [0.2, 0.25) is 0 Å². The van der Waals surface area contributed by atoms with Crippen molar-refractivity contribution in [2.24, 2.45) is 4.99 Å². The molecule has 2 aromatic heterocycles. The van der Waals surface area contributed by atoms with Gasteiger partial charge in [0.25, 0.3) is 0 Å². The Hall–Kier alpha value is -3.63. The third kappa shape index (κ3) is 4.34. The van der Waals surface area contributed by atoms with E-state index in [2.05, 4.69) is 19.9 Å². The molecule has 3 aromatic rings. The van der Waals surface area contributed by atoms with Gasteiger partial charge < -0.3 is 14.5 Å². The average Bonchev–Trinajstić information content (AvgIpc) is 3.28. The van der Waals surface area contributed by atoms with E-state index in [-0.39, 0.29) is 5.92 Å². The number of dihydropyridines is 1. The molecule has 0 aliphatic carbocycles. The van der Waals surface area contributed by atoms with Crippen LogP contribution in [-0.2, 0) is 6.61 Å². The number of methoxy groups -OCH3 is 1. The molecule has 1 aliphatic heterocycles. The maximum Gasteiger partial charge on any atom is 0.131 e. The summed E-state index contributed by atoms with van der Waals surface area (Å²) in [5.74, 6) is 2.20. The van der Waals surface area contributed by atoms with E-state index in [4.69, 9.17) is 26.3 Å². The van der Waals surface area contributed by atoms with Crippen LogP contribution >= 0.6 is 11.6 Å². The highest BCUT2D eigenvalue weighted by Crippen LogP contribution is 2.33. The summed E-state index contributed by atoms with van der Waals surface area (Å²) in [4.78, 5) is 16.3. The smallest absolute Gasteiger partial charge is 0.131 e. The zero-order valence-corrected chi connectivity index (χ0v) is 16.9. The van der Waals surface area contributed by atoms with E-state index in [0.29, 0.717) is 35.4 Å². The third-order valence-electron chi connectivity index (χ3n) is 4.66. The zero-order chi connectivity index (χ0) is 20.9. The van der Waals surface area contributed by atoms with Gasteiger partial charge in [0, 0.05) is 17.8 Å². The number of hydrogen-bond donors (Lipinski definition) is 1. The number of halogens is 1. The van der Waals surface area contributed by atoms with Crippen molar-refractivity contribution < 1.29 is 9.47 Å². The molecule has 1 unspecified atom stereocenters. The summed E-state index contributed by atoms with van der Waals surface area (Å²) in [5, 5.41) is 9.35. The number of allylic oxidation sites excluding steroid dienone is 1. The van der Waals surface area contributed by atoms with Gasteiger partial charge in [0.15, 0.2) is 0 Å². The molecule has 7 nitrogen and oxygen atoms in total. The Morgan fingerprint density at radius 1 is 1.23 bits per heavy atom. The maximum absolute atomic E-state index is 8.84. The number of benzene rings is 1. The molecular formula is C22H18ClN5O2. The predicted molar refractivity (Wildman–Crippen MR) is 114 cm³/mol. The Morgan fingerprint density at radius 2 is 2.13 bits per heavy atom. The molecule has 150 valence electrons. The van der Waals surface area contributed by atoms with Crippen LogP contribution < -0.4 is 9.47 Å². The topological polar surface area (TPSA) is 96.2 Å². The second-order valence-corrected chi connectivity index (χ2v) is 7.00. The van der Waals surface area contributed by atoms with Crippen LogP contribution in [0.3, 0.4) is 0 Å². The van der Waals surface area contributed by atoms with Gasteiger partial charge in [-0.1, -0.05) is 17.7 Å². The molecule has 1 N–H and O–H groups in total. The van der Waals surface area contributed by atoms with Gasteiger partial charge in [-0.3, -0.25) is 9.98 Å². The van der Waals surface area contributed by atoms with E-state index in [0.717, 1.165) is 22.8 Å². The summed E-state index contributed by atoms with van der Waals surface area (Å²) in [6, 6.07) is 11.1. The highest BCUT2D eigenvalue weighted by atomic mass is 35.5. The Bertz CT molecular complexity index is 1150. The predicted octanol–water partition coefficient (Wildman–Crippen LogP) is 4.22. The van der Waals surface area contributed by atoms with Gasteiger partial charge in [0.1, 0.15) is 35.2 Å². The summed E-state index contributed by atoms with van der Waals surface area (Å²) in [6.45, 7) is 0.856. The number of nitrogens with one attached hydrogen (secondary N) is 1. The van der Waals surface area contributed by atoms with Crippen LogP contribution in [-0.4, -0.2) is 33.8 Å². The monoisotopic (exact) mass is 419 g/mol. The van der Waals surface area contributed by atoms with Crippen molar-refractivity contribution in [3.63, 3.8) is 0 Å². The molecule has 0 fully saturated rings.